The van der Waals surface area contributed by atoms with E-state index in [1.54, 1.807) is 0 Å². The number of fused-ring (bicyclic) bond motifs is 6. The molecule has 11 aromatic rings. The summed E-state index contributed by atoms with van der Waals surface area (Å²) in [5.74, 6) is 2.32. The van der Waals surface area contributed by atoms with Gasteiger partial charge in [-0.3, -0.25) is 0 Å². The zero-order chi connectivity index (χ0) is 37.0. The summed E-state index contributed by atoms with van der Waals surface area (Å²) < 4.78 is 9.13. The Bertz CT molecular complexity index is 3230. The molecular weight excluding hydrogens is 705 g/mol. The van der Waals surface area contributed by atoms with E-state index in [0.29, 0.717) is 28.9 Å². The molecule has 0 fully saturated rings. The summed E-state index contributed by atoms with van der Waals surface area (Å²) in [6, 6.07) is 62.9. The fraction of sp³-hybridized carbons (Fsp3) is 0. The molecule has 0 atom stereocenters. The lowest BCUT2D eigenvalue weighted by Gasteiger charge is -2.11. The van der Waals surface area contributed by atoms with E-state index in [-0.39, 0.29) is 0 Å². The molecule has 0 saturated heterocycles. The van der Waals surface area contributed by atoms with Crippen molar-refractivity contribution < 1.29 is 4.42 Å². The van der Waals surface area contributed by atoms with E-state index >= 15 is 0 Å². The molecule has 3 heterocycles. The Balaban J connectivity index is 1.05. The minimum Gasteiger partial charge on any atom is -0.435 e. The van der Waals surface area contributed by atoms with Crippen molar-refractivity contribution >= 4 is 53.4 Å². The van der Waals surface area contributed by atoms with Gasteiger partial charge in [-0.2, -0.15) is 0 Å². The Labute approximate surface area is 326 Å². The molecule has 0 saturated carbocycles. The number of thiophene rings is 1. The van der Waals surface area contributed by atoms with Gasteiger partial charge in [0.1, 0.15) is 5.52 Å². The van der Waals surface area contributed by atoms with Crippen molar-refractivity contribution in [2.45, 2.75) is 0 Å². The summed E-state index contributed by atoms with van der Waals surface area (Å²) in [6.45, 7) is 0. The van der Waals surface area contributed by atoms with Gasteiger partial charge in [0.25, 0.3) is 0 Å². The predicted octanol–water partition coefficient (Wildman–Crippen LogP) is 13.5. The Morgan fingerprint density at radius 2 is 0.946 bits per heavy atom. The van der Waals surface area contributed by atoms with E-state index in [1.807, 2.05) is 59.9 Å². The van der Waals surface area contributed by atoms with Crippen molar-refractivity contribution in [3.8, 4) is 67.9 Å². The SMILES string of the molecule is c1ccc(-c2ccc(-c3nc(-c4ccc(-c5ccc6sc7ccccc7c6c5)cc4)nc(-c4cccc5ccc6nc(-c7ccccc7)oc6c45)n3)cc2)cc1. The average Bonchev–Trinajstić information content (AvgIpc) is 3.89. The lowest BCUT2D eigenvalue weighted by Crippen LogP contribution is -2.00. The van der Waals surface area contributed by atoms with Crippen LogP contribution in [0.1, 0.15) is 0 Å². The summed E-state index contributed by atoms with van der Waals surface area (Å²) in [5.41, 5.74) is 9.64. The first-order chi connectivity index (χ1) is 27.7. The zero-order valence-corrected chi connectivity index (χ0v) is 30.7. The molecule has 0 aliphatic rings. The number of hydrogen-bond acceptors (Lipinski definition) is 6. The van der Waals surface area contributed by atoms with E-state index in [1.165, 1.54) is 25.7 Å². The molecule has 0 spiro atoms. The number of nitrogens with zero attached hydrogens (tertiary/aromatic N) is 4. The van der Waals surface area contributed by atoms with Crippen LogP contribution in [0.4, 0.5) is 0 Å². The highest BCUT2D eigenvalue weighted by Gasteiger charge is 2.19. The molecule has 3 aromatic heterocycles. The molecular formula is C50H30N4OS. The van der Waals surface area contributed by atoms with Crippen LogP contribution < -0.4 is 0 Å². The number of benzene rings is 8. The van der Waals surface area contributed by atoms with E-state index in [2.05, 4.69) is 133 Å². The third-order valence-corrected chi connectivity index (χ3v) is 11.6. The van der Waals surface area contributed by atoms with Crippen LogP contribution >= 0.6 is 11.3 Å². The molecule has 0 amide bonds. The molecule has 0 unspecified atom stereocenters. The standard InChI is InChI=1S/C50H30N4OS/c1-3-10-31(11-4-1)32-18-22-35(23-19-32)47-52-48(36-24-20-33(21-25-36)38-27-29-44-41(30-38)39-15-7-8-17-43(39)56-44)54-49(53-47)40-16-9-14-34-26-28-42-46(45(34)40)55-50(51-42)37-12-5-2-6-13-37/h1-30H. The van der Waals surface area contributed by atoms with Gasteiger partial charge in [-0.1, -0.05) is 146 Å². The molecule has 8 aromatic carbocycles. The van der Waals surface area contributed by atoms with Crippen molar-refractivity contribution in [1.82, 2.24) is 19.9 Å². The lowest BCUT2D eigenvalue weighted by atomic mass is 10.0. The first-order valence-electron chi connectivity index (χ1n) is 18.5. The van der Waals surface area contributed by atoms with Crippen molar-refractivity contribution in [2.75, 3.05) is 0 Å². The Morgan fingerprint density at radius 3 is 1.68 bits per heavy atom. The minimum atomic E-state index is 0.562. The fourth-order valence-electron chi connectivity index (χ4n) is 7.56. The molecule has 56 heavy (non-hydrogen) atoms. The highest BCUT2D eigenvalue weighted by Crippen LogP contribution is 2.39. The van der Waals surface area contributed by atoms with Crippen molar-refractivity contribution in [3.63, 3.8) is 0 Å². The van der Waals surface area contributed by atoms with Crippen molar-refractivity contribution in [1.29, 1.82) is 0 Å². The van der Waals surface area contributed by atoms with Crippen LogP contribution in [0.2, 0.25) is 0 Å². The van der Waals surface area contributed by atoms with Gasteiger partial charge in [-0.25, -0.2) is 19.9 Å². The predicted molar refractivity (Wildman–Crippen MR) is 230 cm³/mol. The van der Waals surface area contributed by atoms with Crippen LogP contribution in [-0.2, 0) is 0 Å². The van der Waals surface area contributed by atoms with E-state index in [0.717, 1.165) is 55.2 Å². The quantitative estimate of drug-likeness (QED) is 0.170. The van der Waals surface area contributed by atoms with Crippen LogP contribution in [0.25, 0.3) is 110 Å². The van der Waals surface area contributed by atoms with Crippen LogP contribution in [-0.4, -0.2) is 19.9 Å². The Hall–Kier alpha value is -7.28. The van der Waals surface area contributed by atoms with Crippen molar-refractivity contribution in [2.24, 2.45) is 0 Å². The smallest absolute Gasteiger partial charge is 0.227 e. The monoisotopic (exact) mass is 734 g/mol. The fourth-order valence-corrected chi connectivity index (χ4v) is 8.65. The van der Waals surface area contributed by atoms with Gasteiger partial charge in [0.05, 0.1) is 0 Å². The molecule has 0 aliphatic carbocycles. The molecule has 0 bridgehead atoms. The zero-order valence-electron chi connectivity index (χ0n) is 29.9. The summed E-state index contributed by atoms with van der Waals surface area (Å²) >= 11 is 1.83. The van der Waals surface area contributed by atoms with Crippen LogP contribution in [0.5, 0.6) is 0 Å². The van der Waals surface area contributed by atoms with Crippen LogP contribution in [0.15, 0.2) is 186 Å². The summed E-state index contributed by atoms with van der Waals surface area (Å²) in [4.78, 5) is 20.3. The van der Waals surface area contributed by atoms with Crippen LogP contribution in [0.3, 0.4) is 0 Å². The van der Waals surface area contributed by atoms with E-state index in [4.69, 9.17) is 24.4 Å². The summed E-state index contributed by atoms with van der Waals surface area (Å²) in [7, 11) is 0. The second-order valence-electron chi connectivity index (χ2n) is 13.8. The largest absolute Gasteiger partial charge is 0.435 e. The summed E-state index contributed by atoms with van der Waals surface area (Å²) in [5, 5.41) is 4.50. The molecule has 0 N–H and O–H groups in total. The Morgan fingerprint density at radius 1 is 0.375 bits per heavy atom. The number of rotatable bonds is 6. The topological polar surface area (TPSA) is 64.7 Å². The highest BCUT2D eigenvalue weighted by molar-refractivity contribution is 7.25. The van der Waals surface area contributed by atoms with Gasteiger partial charge in [0.15, 0.2) is 23.1 Å². The molecule has 0 radical (unpaired) electrons. The van der Waals surface area contributed by atoms with Gasteiger partial charge < -0.3 is 4.42 Å². The van der Waals surface area contributed by atoms with E-state index in [9.17, 15) is 0 Å². The molecule has 262 valence electrons. The first-order valence-corrected chi connectivity index (χ1v) is 19.4. The summed E-state index contributed by atoms with van der Waals surface area (Å²) in [6.07, 6.45) is 0. The van der Waals surface area contributed by atoms with Gasteiger partial charge in [-0.05, 0) is 64.0 Å². The molecule has 0 aliphatic heterocycles. The lowest BCUT2D eigenvalue weighted by molar-refractivity contribution is 0.623. The average molecular weight is 735 g/mol. The van der Waals surface area contributed by atoms with Gasteiger partial charge >= 0.3 is 0 Å². The molecule has 5 nitrogen and oxygen atoms in total. The maximum absolute atomic E-state index is 6.53. The van der Waals surface area contributed by atoms with E-state index < -0.39 is 0 Å². The third-order valence-electron chi connectivity index (χ3n) is 10.4. The minimum absolute atomic E-state index is 0.562. The Kier molecular flexibility index (Phi) is 7.60. The van der Waals surface area contributed by atoms with Gasteiger partial charge in [0, 0.05) is 47.8 Å². The van der Waals surface area contributed by atoms with Crippen LogP contribution in [0, 0.1) is 0 Å². The normalized spacial score (nSPS) is 11.6. The van der Waals surface area contributed by atoms with Gasteiger partial charge in [0.2, 0.25) is 5.89 Å². The molecule has 6 heteroatoms. The number of oxazole rings is 1. The number of hydrogen-bond donors (Lipinski definition) is 0. The maximum atomic E-state index is 6.53. The van der Waals surface area contributed by atoms with Crippen molar-refractivity contribution in [3.05, 3.63) is 182 Å². The number of aromatic nitrogens is 4. The van der Waals surface area contributed by atoms with Gasteiger partial charge in [-0.15, -0.1) is 11.3 Å². The maximum Gasteiger partial charge on any atom is 0.227 e. The first kappa shape index (κ1) is 32.2. The second kappa shape index (κ2) is 13.2. The third kappa shape index (κ3) is 5.63. The highest BCUT2D eigenvalue weighted by atomic mass is 32.1. The second-order valence-corrected chi connectivity index (χ2v) is 14.9. The molecule has 11 rings (SSSR count).